The zero-order valence-electron chi connectivity index (χ0n) is 18.9. The molecule has 1 aliphatic rings. The summed E-state index contributed by atoms with van der Waals surface area (Å²) >= 11 is 1.43. The zero-order chi connectivity index (χ0) is 23.6. The predicted molar refractivity (Wildman–Crippen MR) is 127 cm³/mol. The predicted octanol–water partition coefficient (Wildman–Crippen LogP) is 3.27. The van der Waals surface area contributed by atoms with Gasteiger partial charge in [0, 0.05) is 19.6 Å². The molecule has 0 aliphatic carbocycles. The van der Waals surface area contributed by atoms with Crippen molar-refractivity contribution in [2.75, 3.05) is 27.3 Å². The molecule has 0 bridgehead atoms. The van der Waals surface area contributed by atoms with Gasteiger partial charge in [-0.05, 0) is 56.2 Å². The number of carbonyl (C=O) groups excluding carboxylic acids is 1. The van der Waals surface area contributed by atoms with Crippen LogP contribution in [0.15, 0.2) is 52.4 Å². The molecule has 3 aromatic rings. The Kier molecular flexibility index (Phi) is 6.87. The topological polar surface area (TPSA) is 90.2 Å². The van der Waals surface area contributed by atoms with Crippen LogP contribution < -0.4 is 14.3 Å². The van der Waals surface area contributed by atoms with E-state index in [0.717, 1.165) is 16.0 Å². The van der Waals surface area contributed by atoms with Gasteiger partial charge in [0.25, 0.3) is 5.91 Å². The third-order valence-electron chi connectivity index (χ3n) is 5.84. The quantitative estimate of drug-likeness (QED) is 0.530. The highest BCUT2D eigenvalue weighted by atomic mass is 32.2. The van der Waals surface area contributed by atoms with Gasteiger partial charge in [-0.15, -0.1) is 0 Å². The Balaban J connectivity index is 1.61. The highest BCUT2D eigenvalue weighted by Crippen LogP contribution is 2.28. The van der Waals surface area contributed by atoms with E-state index < -0.39 is 15.9 Å². The van der Waals surface area contributed by atoms with Crippen molar-refractivity contribution >= 4 is 37.5 Å². The highest BCUT2D eigenvalue weighted by molar-refractivity contribution is 7.89. The lowest BCUT2D eigenvalue weighted by Crippen LogP contribution is -2.42. The van der Waals surface area contributed by atoms with Gasteiger partial charge in [-0.1, -0.05) is 17.4 Å². The normalized spacial score (nSPS) is 17.9. The third-order valence-corrected chi connectivity index (χ3v) is 8.76. The van der Waals surface area contributed by atoms with Crippen LogP contribution in [0.1, 0.15) is 19.8 Å². The first-order valence-corrected chi connectivity index (χ1v) is 13.0. The first-order chi connectivity index (χ1) is 15.9. The molecule has 4 rings (SSSR count). The number of para-hydroxylation sites is 1. The number of aromatic nitrogens is 1. The Morgan fingerprint density at radius 3 is 2.58 bits per heavy atom. The van der Waals surface area contributed by atoms with Crippen LogP contribution in [0, 0.1) is 5.92 Å². The fourth-order valence-corrected chi connectivity index (χ4v) is 6.73. The molecule has 1 amide bonds. The van der Waals surface area contributed by atoms with Crippen molar-refractivity contribution in [1.29, 1.82) is 0 Å². The molecular weight excluding hydrogens is 462 g/mol. The molecule has 2 heterocycles. The Labute approximate surface area is 197 Å². The lowest BCUT2D eigenvalue weighted by Gasteiger charge is -2.30. The van der Waals surface area contributed by atoms with E-state index in [1.165, 1.54) is 34.9 Å². The summed E-state index contributed by atoms with van der Waals surface area (Å²) in [6.07, 6.45) is 1.21. The summed E-state index contributed by atoms with van der Waals surface area (Å²) in [7, 11) is -0.554. The number of sulfonamides is 1. The molecule has 0 N–H and O–H groups in total. The van der Waals surface area contributed by atoms with Crippen LogP contribution in [-0.4, -0.2) is 50.5 Å². The van der Waals surface area contributed by atoms with Crippen molar-refractivity contribution in [1.82, 2.24) is 8.87 Å². The van der Waals surface area contributed by atoms with Crippen LogP contribution in [0.4, 0.5) is 0 Å². The number of nitrogens with zero attached hydrogens (tertiary/aromatic N) is 3. The average molecular weight is 490 g/mol. The van der Waals surface area contributed by atoms with Crippen LogP contribution in [-0.2, 0) is 21.4 Å². The van der Waals surface area contributed by atoms with Crippen LogP contribution >= 0.6 is 11.3 Å². The second kappa shape index (κ2) is 9.66. The van der Waals surface area contributed by atoms with Crippen LogP contribution in [0.5, 0.6) is 11.5 Å². The summed E-state index contributed by atoms with van der Waals surface area (Å²) in [5.41, 5.74) is 0.909. The number of amides is 1. The molecule has 2 aromatic carbocycles. The Morgan fingerprint density at radius 1 is 1.15 bits per heavy atom. The van der Waals surface area contributed by atoms with E-state index in [-0.39, 0.29) is 17.3 Å². The minimum Gasteiger partial charge on any atom is -0.497 e. The molecule has 10 heteroatoms. The lowest BCUT2D eigenvalue weighted by molar-refractivity contribution is -0.122. The summed E-state index contributed by atoms with van der Waals surface area (Å²) in [6.45, 7) is 3.13. The summed E-state index contributed by atoms with van der Waals surface area (Å²) < 4.78 is 41.2. The van der Waals surface area contributed by atoms with Gasteiger partial charge in [0.1, 0.15) is 17.0 Å². The van der Waals surface area contributed by atoms with E-state index in [0.29, 0.717) is 36.5 Å². The molecule has 33 heavy (non-hydrogen) atoms. The van der Waals surface area contributed by atoms with Crippen molar-refractivity contribution < 1.29 is 22.7 Å². The number of aryl methyl sites for hydroxylation is 1. The lowest BCUT2D eigenvalue weighted by atomic mass is 9.99. The molecule has 1 aliphatic heterocycles. The number of hydrogen-bond donors (Lipinski definition) is 0. The van der Waals surface area contributed by atoms with E-state index in [2.05, 4.69) is 4.99 Å². The van der Waals surface area contributed by atoms with Gasteiger partial charge < -0.3 is 14.0 Å². The number of thiazole rings is 1. The number of piperidine rings is 1. The van der Waals surface area contributed by atoms with Crippen molar-refractivity contribution in [3.8, 4) is 11.5 Å². The van der Waals surface area contributed by atoms with E-state index in [1.807, 2.05) is 29.7 Å². The molecule has 1 fully saturated rings. The summed E-state index contributed by atoms with van der Waals surface area (Å²) in [5.74, 6) is 0.541. The maximum absolute atomic E-state index is 13.1. The number of rotatable bonds is 6. The maximum Gasteiger partial charge on any atom is 0.252 e. The molecule has 1 unspecified atom stereocenters. The molecule has 1 saturated heterocycles. The number of ether oxygens (including phenoxy) is 2. The number of carbonyl (C=O) groups is 1. The number of methoxy groups -OCH3 is 2. The third kappa shape index (κ3) is 4.55. The van der Waals surface area contributed by atoms with Crippen LogP contribution in [0.25, 0.3) is 10.2 Å². The number of hydrogen-bond acceptors (Lipinski definition) is 6. The number of fused-ring (bicyclic) bond motifs is 1. The van der Waals surface area contributed by atoms with Gasteiger partial charge in [0.05, 0.1) is 29.7 Å². The molecule has 0 radical (unpaired) electrons. The van der Waals surface area contributed by atoms with E-state index >= 15 is 0 Å². The first kappa shape index (κ1) is 23.5. The fraction of sp³-hybridized carbons (Fsp3) is 0.391. The summed E-state index contributed by atoms with van der Waals surface area (Å²) in [5, 5.41) is 0. The minimum absolute atomic E-state index is 0.122. The van der Waals surface area contributed by atoms with E-state index in [4.69, 9.17) is 9.47 Å². The highest BCUT2D eigenvalue weighted by Gasteiger charge is 2.33. The molecule has 8 nitrogen and oxygen atoms in total. The molecular formula is C23H27N3O5S2. The van der Waals surface area contributed by atoms with Gasteiger partial charge >= 0.3 is 0 Å². The zero-order valence-corrected chi connectivity index (χ0v) is 20.5. The largest absolute Gasteiger partial charge is 0.497 e. The van der Waals surface area contributed by atoms with Gasteiger partial charge in [-0.3, -0.25) is 4.79 Å². The van der Waals surface area contributed by atoms with Crippen molar-refractivity contribution in [3.05, 3.63) is 47.3 Å². The smallest absolute Gasteiger partial charge is 0.252 e. The van der Waals surface area contributed by atoms with Gasteiger partial charge in [0.2, 0.25) is 10.0 Å². The van der Waals surface area contributed by atoms with E-state index in [9.17, 15) is 13.2 Å². The molecule has 176 valence electrons. The van der Waals surface area contributed by atoms with E-state index in [1.54, 1.807) is 19.2 Å². The Morgan fingerprint density at radius 2 is 1.91 bits per heavy atom. The van der Waals surface area contributed by atoms with Gasteiger partial charge in [-0.25, -0.2) is 8.42 Å². The van der Waals surface area contributed by atoms with Crippen LogP contribution in [0.2, 0.25) is 0 Å². The Bertz CT molecular complexity index is 1330. The Hall–Kier alpha value is -2.69. The summed E-state index contributed by atoms with van der Waals surface area (Å²) in [6, 6.07) is 12.1. The average Bonchev–Trinajstić information content (AvgIpc) is 3.21. The monoisotopic (exact) mass is 489 g/mol. The molecule has 1 atom stereocenters. The van der Waals surface area contributed by atoms with Crippen molar-refractivity contribution in [2.45, 2.75) is 31.2 Å². The van der Waals surface area contributed by atoms with Gasteiger partial charge in [0.15, 0.2) is 4.80 Å². The SMILES string of the molecule is CCn1c(=NC(=O)C2CCCN(S(=O)(=O)c3ccc(OC)cc3)C2)sc2cccc(OC)c21. The molecule has 1 aromatic heterocycles. The van der Waals surface area contributed by atoms with Crippen molar-refractivity contribution in [3.63, 3.8) is 0 Å². The second-order valence-electron chi connectivity index (χ2n) is 7.76. The second-order valence-corrected chi connectivity index (χ2v) is 10.7. The fourth-order valence-electron chi connectivity index (χ4n) is 4.09. The first-order valence-electron chi connectivity index (χ1n) is 10.8. The molecule has 0 saturated carbocycles. The summed E-state index contributed by atoms with van der Waals surface area (Å²) in [4.78, 5) is 18.3. The maximum atomic E-state index is 13.1. The minimum atomic E-state index is -3.70. The molecule has 0 spiro atoms. The number of benzene rings is 2. The van der Waals surface area contributed by atoms with Gasteiger partial charge in [-0.2, -0.15) is 9.30 Å². The standard InChI is InChI=1S/C23H27N3O5S2/c1-4-26-21-19(31-3)8-5-9-20(21)32-23(26)24-22(27)16-7-6-14-25(15-16)33(28,29)18-12-10-17(30-2)11-13-18/h5,8-13,16H,4,6-7,14-15H2,1-3H3. The van der Waals surface area contributed by atoms with Crippen LogP contribution in [0.3, 0.4) is 0 Å². The van der Waals surface area contributed by atoms with Crippen molar-refractivity contribution in [2.24, 2.45) is 10.9 Å².